The van der Waals surface area contributed by atoms with Crippen molar-refractivity contribution in [2.24, 2.45) is 11.7 Å². The molecule has 1 nitrogen and oxygen atoms in total. The van der Waals surface area contributed by atoms with Crippen LogP contribution in [0.1, 0.15) is 32.6 Å². The average molecular weight is 113 g/mol. The first kappa shape index (κ1) is 6.09. The number of rotatable bonds is 1. The van der Waals surface area contributed by atoms with E-state index in [9.17, 15) is 0 Å². The van der Waals surface area contributed by atoms with Gasteiger partial charge in [-0.25, -0.2) is 0 Å². The van der Waals surface area contributed by atoms with E-state index in [1.807, 2.05) is 0 Å². The van der Waals surface area contributed by atoms with E-state index >= 15 is 0 Å². The van der Waals surface area contributed by atoms with E-state index in [2.05, 4.69) is 6.92 Å². The van der Waals surface area contributed by atoms with Crippen molar-refractivity contribution in [3.8, 4) is 0 Å². The molecule has 0 aromatic heterocycles. The smallest absolute Gasteiger partial charge is 0.00670 e. The molecule has 0 saturated heterocycles. The lowest BCUT2D eigenvalue weighted by atomic mass is 10.0. The van der Waals surface area contributed by atoms with Crippen LogP contribution in [0.15, 0.2) is 0 Å². The molecule has 1 heteroatoms. The topological polar surface area (TPSA) is 26.0 Å². The standard InChI is InChI=1S/C7H15N/c1-2-6-4-3-5-7(6)8/h6-7H,2-5,8H2,1H3/t6-,7+/m1/s1. The van der Waals surface area contributed by atoms with Crippen molar-refractivity contribution < 1.29 is 0 Å². The number of hydrogen-bond acceptors (Lipinski definition) is 1. The Morgan fingerprint density at radius 2 is 2.25 bits per heavy atom. The second-order valence-electron chi connectivity index (χ2n) is 2.76. The van der Waals surface area contributed by atoms with Crippen molar-refractivity contribution >= 4 is 0 Å². The minimum atomic E-state index is 0.528. The van der Waals surface area contributed by atoms with Crippen LogP contribution in [0.5, 0.6) is 0 Å². The maximum absolute atomic E-state index is 5.79. The fourth-order valence-electron chi connectivity index (χ4n) is 1.57. The largest absolute Gasteiger partial charge is 0.327 e. The van der Waals surface area contributed by atoms with Crippen molar-refractivity contribution in [2.45, 2.75) is 38.6 Å². The predicted molar refractivity (Wildman–Crippen MR) is 35.6 cm³/mol. The molecule has 0 aliphatic heterocycles. The SMILES string of the molecule is CC[C@@H]1CCC[C@@H]1N. The molecule has 0 aromatic rings. The van der Waals surface area contributed by atoms with Crippen LogP contribution in [-0.4, -0.2) is 6.04 Å². The third kappa shape index (κ3) is 1.03. The molecule has 0 amide bonds. The summed E-state index contributed by atoms with van der Waals surface area (Å²) >= 11 is 0. The Labute approximate surface area is 51.3 Å². The first-order valence-electron chi connectivity index (χ1n) is 3.60. The quantitative estimate of drug-likeness (QED) is 0.548. The predicted octanol–water partition coefficient (Wildman–Crippen LogP) is 1.52. The zero-order chi connectivity index (χ0) is 5.98. The molecular weight excluding hydrogens is 98.1 g/mol. The second kappa shape index (κ2) is 2.49. The van der Waals surface area contributed by atoms with Crippen LogP contribution in [0.4, 0.5) is 0 Å². The van der Waals surface area contributed by atoms with Gasteiger partial charge in [-0.1, -0.05) is 19.8 Å². The van der Waals surface area contributed by atoms with Crippen molar-refractivity contribution in [3.63, 3.8) is 0 Å². The molecule has 8 heavy (non-hydrogen) atoms. The van der Waals surface area contributed by atoms with Gasteiger partial charge in [-0.05, 0) is 18.8 Å². The van der Waals surface area contributed by atoms with E-state index in [1.165, 1.54) is 25.7 Å². The maximum Gasteiger partial charge on any atom is 0.00670 e. The molecule has 0 heterocycles. The van der Waals surface area contributed by atoms with Crippen LogP contribution in [0.2, 0.25) is 0 Å². The molecular formula is C7H15N. The lowest BCUT2D eigenvalue weighted by Gasteiger charge is -2.10. The summed E-state index contributed by atoms with van der Waals surface area (Å²) in [6.45, 7) is 2.23. The molecule has 0 unspecified atom stereocenters. The molecule has 2 N–H and O–H groups in total. The van der Waals surface area contributed by atoms with Crippen LogP contribution in [0, 0.1) is 5.92 Å². The Morgan fingerprint density at radius 1 is 1.50 bits per heavy atom. The third-order valence-electron chi connectivity index (χ3n) is 2.24. The van der Waals surface area contributed by atoms with Gasteiger partial charge in [-0.3, -0.25) is 0 Å². The summed E-state index contributed by atoms with van der Waals surface area (Å²) in [5.41, 5.74) is 5.79. The van der Waals surface area contributed by atoms with Gasteiger partial charge in [0, 0.05) is 6.04 Å². The van der Waals surface area contributed by atoms with Gasteiger partial charge in [-0.2, -0.15) is 0 Å². The van der Waals surface area contributed by atoms with E-state index < -0.39 is 0 Å². The van der Waals surface area contributed by atoms with Crippen LogP contribution < -0.4 is 5.73 Å². The molecule has 1 fully saturated rings. The summed E-state index contributed by atoms with van der Waals surface area (Å²) in [5, 5.41) is 0. The summed E-state index contributed by atoms with van der Waals surface area (Å²) in [5.74, 6) is 0.843. The summed E-state index contributed by atoms with van der Waals surface area (Å²) in [4.78, 5) is 0. The van der Waals surface area contributed by atoms with Crippen LogP contribution in [-0.2, 0) is 0 Å². The molecule has 0 aromatic carbocycles. The minimum absolute atomic E-state index is 0.528. The van der Waals surface area contributed by atoms with Gasteiger partial charge in [0.1, 0.15) is 0 Å². The average Bonchev–Trinajstić information content (AvgIpc) is 2.14. The van der Waals surface area contributed by atoms with Crippen molar-refractivity contribution in [2.75, 3.05) is 0 Å². The molecule has 48 valence electrons. The highest BCUT2D eigenvalue weighted by Crippen LogP contribution is 2.25. The normalized spacial score (nSPS) is 38.2. The van der Waals surface area contributed by atoms with E-state index in [0.717, 1.165) is 5.92 Å². The van der Waals surface area contributed by atoms with Crippen LogP contribution >= 0.6 is 0 Å². The summed E-state index contributed by atoms with van der Waals surface area (Å²) in [6, 6.07) is 0.528. The van der Waals surface area contributed by atoms with Crippen molar-refractivity contribution in [1.29, 1.82) is 0 Å². The molecule has 0 spiro atoms. The highest BCUT2D eigenvalue weighted by Gasteiger charge is 2.21. The monoisotopic (exact) mass is 113 g/mol. The van der Waals surface area contributed by atoms with E-state index in [-0.39, 0.29) is 0 Å². The Bertz CT molecular complexity index is 70.8. The molecule has 1 rings (SSSR count). The second-order valence-corrected chi connectivity index (χ2v) is 2.76. The Balaban J connectivity index is 2.30. The van der Waals surface area contributed by atoms with Gasteiger partial charge in [0.05, 0.1) is 0 Å². The first-order valence-corrected chi connectivity index (χ1v) is 3.60. The molecule has 1 aliphatic carbocycles. The van der Waals surface area contributed by atoms with E-state index in [4.69, 9.17) is 5.73 Å². The van der Waals surface area contributed by atoms with Crippen LogP contribution in [0.3, 0.4) is 0 Å². The summed E-state index contributed by atoms with van der Waals surface area (Å²) in [6.07, 6.45) is 5.27. The lowest BCUT2D eigenvalue weighted by molar-refractivity contribution is 0.467. The molecule has 0 bridgehead atoms. The number of hydrogen-bond donors (Lipinski definition) is 1. The summed E-state index contributed by atoms with van der Waals surface area (Å²) in [7, 11) is 0. The molecule has 1 aliphatic rings. The van der Waals surface area contributed by atoms with Crippen molar-refractivity contribution in [1.82, 2.24) is 0 Å². The maximum atomic E-state index is 5.79. The first-order chi connectivity index (χ1) is 3.84. The Kier molecular flexibility index (Phi) is 1.90. The highest BCUT2D eigenvalue weighted by atomic mass is 14.7. The van der Waals surface area contributed by atoms with Crippen molar-refractivity contribution in [3.05, 3.63) is 0 Å². The molecule has 0 radical (unpaired) electrons. The molecule has 2 atom stereocenters. The van der Waals surface area contributed by atoms with E-state index in [1.54, 1.807) is 0 Å². The fraction of sp³-hybridized carbons (Fsp3) is 1.00. The zero-order valence-electron chi connectivity index (χ0n) is 5.56. The van der Waals surface area contributed by atoms with Gasteiger partial charge in [-0.15, -0.1) is 0 Å². The third-order valence-corrected chi connectivity index (χ3v) is 2.24. The highest BCUT2D eigenvalue weighted by molar-refractivity contribution is 4.78. The van der Waals surface area contributed by atoms with Gasteiger partial charge >= 0.3 is 0 Å². The Hall–Kier alpha value is -0.0400. The zero-order valence-corrected chi connectivity index (χ0v) is 5.56. The fourth-order valence-corrected chi connectivity index (χ4v) is 1.57. The van der Waals surface area contributed by atoms with Gasteiger partial charge in [0.2, 0.25) is 0 Å². The van der Waals surface area contributed by atoms with E-state index in [0.29, 0.717) is 6.04 Å². The molecule has 1 saturated carbocycles. The summed E-state index contributed by atoms with van der Waals surface area (Å²) < 4.78 is 0. The minimum Gasteiger partial charge on any atom is -0.327 e. The van der Waals surface area contributed by atoms with Crippen LogP contribution in [0.25, 0.3) is 0 Å². The lowest BCUT2D eigenvalue weighted by Crippen LogP contribution is -2.23. The van der Waals surface area contributed by atoms with Gasteiger partial charge < -0.3 is 5.73 Å². The number of nitrogens with two attached hydrogens (primary N) is 1. The van der Waals surface area contributed by atoms with Gasteiger partial charge in [0.15, 0.2) is 0 Å². The van der Waals surface area contributed by atoms with Gasteiger partial charge in [0.25, 0.3) is 0 Å². The Morgan fingerprint density at radius 3 is 2.50 bits per heavy atom.